The van der Waals surface area contributed by atoms with Crippen molar-refractivity contribution in [3.8, 4) is 5.75 Å². The summed E-state index contributed by atoms with van der Waals surface area (Å²) in [6, 6.07) is 30.3. The van der Waals surface area contributed by atoms with E-state index in [4.69, 9.17) is 23.4 Å². The van der Waals surface area contributed by atoms with E-state index in [1.807, 2.05) is 6.92 Å². The number of rotatable bonds is 11. The van der Waals surface area contributed by atoms with Gasteiger partial charge in [0.05, 0.1) is 25.4 Å². The van der Waals surface area contributed by atoms with Gasteiger partial charge in [0.15, 0.2) is 12.2 Å². The van der Waals surface area contributed by atoms with Gasteiger partial charge < -0.3 is 43.8 Å². The van der Waals surface area contributed by atoms with Crippen molar-refractivity contribution in [3.05, 3.63) is 163 Å². The minimum atomic E-state index is -1.33. The Hall–Kier alpha value is -5.89. The van der Waals surface area contributed by atoms with Gasteiger partial charge >= 0.3 is 17.6 Å². The van der Waals surface area contributed by atoms with E-state index in [0.717, 1.165) is 75.3 Å². The second-order valence-electron chi connectivity index (χ2n) is 23.5. The number of aryl methyl sites for hydroxylation is 1. The van der Waals surface area contributed by atoms with Gasteiger partial charge in [0, 0.05) is 46.8 Å². The SMILES string of the molecule is C/C(CO)=C1\CCc2ccc(cc2)[C@@H]2CC[C@H](c3cccc([C@]45CCCC[C@@H]4C=Cc4ccccc45)c3)C[C@@H]2CC(=O)O[C@@H]2c3c(ccc4c(CO)c([C@H](CCO)COCO)c(=O)oc34)O[C@@](C)(C3CCCCC3)[C@H]2OC1=O. The number of esters is 2. The zero-order valence-electron chi connectivity index (χ0n) is 45.3. The highest BCUT2D eigenvalue weighted by atomic mass is 16.6. The maximum atomic E-state index is 15.5. The van der Waals surface area contributed by atoms with Crippen LogP contribution in [0.15, 0.2) is 111 Å². The lowest BCUT2D eigenvalue weighted by atomic mass is 9.56. The molecule has 4 N–H and O–H groups in total. The number of hydrogen-bond acceptors (Lipinski definition) is 12. The summed E-state index contributed by atoms with van der Waals surface area (Å²) in [7, 11) is 0. The molecule has 3 fully saturated rings. The first-order chi connectivity index (χ1) is 38.0. The molecule has 0 unspecified atom stereocenters. The average Bonchev–Trinajstić information content (AvgIpc) is 3.49. The Kier molecular flexibility index (Phi) is 16.0. The topological polar surface area (TPSA) is 182 Å². The molecule has 2 bridgehead atoms. The zero-order chi connectivity index (χ0) is 54.1. The Morgan fingerprint density at radius 2 is 1.63 bits per heavy atom. The first kappa shape index (κ1) is 54.1. The molecular weight excluding hydrogens is 985 g/mol. The molecule has 12 heteroatoms. The van der Waals surface area contributed by atoms with Crippen LogP contribution >= 0.6 is 0 Å². The summed E-state index contributed by atoms with van der Waals surface area (Å²) in [5.74, 6) is -1.23. The third-order valence-corrected chi connectivity index (χ3v) is 19.3. The van der Waals surface area contributed by atoms with Crippen molar-refractivity contribution in [1.29, 1.82) is 0 Å². The van der Waals surface area contributed by atoms with Gasteiger partial charge in [-0.3, -0.25) is 4.79 Å². The van der Waals surface area contributed by atoms with Crippen molar-refractivity contribution in [2.45, 2.75) is 164 Å². The van der Waals surface area contributed by atoms with Crippen molar-refractivity contribution >= 4 is 29.0 Å². The molecule has 0 amide bonds. The molecule has 12 nitrogen and oxygen atoms in total. The van der Waals surface area contributed by atoms with Crippen LogP contribution in [-0.4, -0.2) is 70.7 Å². The zero-order valence-corrected chi connectivity index (χ0v) is 45.3. The fraction of sp³-hybridized carbons (Fsp3) is 0.500. The molecule has 78 heavy (non-hydrogen) atoms. The number of aliphatic hydroxyl groups is 4. The highest BCUT2D eigenvalue weighted by molar-refractivity contribution is 5.90. The van der Waals surface area contributed by atoms with E-state index in [-0.39, 0.29) is 90.4 Å². The van der Waals surface area contributed by atoms with E-state index < -0.39 is 54.7 Å². The molecule has 12 rings (SSSR count). The molecular formula is C66H76O12. The lowest BCUT2D eigenvalue weighted by molar-refractivity contribution is -0.201. The summed E-state index contributed by atoms with van der Waals surface area (Å²) in [4.78, 5) is 45.0. The van der Waals surface area contributed by atoms with Crippen LogP contribution in [0.3, 0.4) is 0 Å². The van der Waals surface area contributed by atoms with Gasteiger partial charge in [0.1, 0.15) is 23.7 Å². The summed E-state index contributed by atoms with van der Waals surface area (Å²) < 4.78 is 32.6. The number of carbonyl (C=O) groups excluding carboxylic acids is 2. The first-order valence-corrected chi connectivity index (χ1v) is 28.9. The maximum absolute atomic E-state index is 15.5. The van der Waals surface area contributed by atoms with Gasteiger partial charge in [-0.25, -0.2) is 9.59 Å². The number of ether oxygens (including phenoxy) is 4. The largest absolute Gasteiger partial charge is 0.483 e. The van der Waals surface area contributed by atoms with Gasteiger partial charge in [-0.05, 0) is 158 Å². The van der Waals surface area contributed by atoms with Crippen molar-refractivity contribution in [3.63, 3.8) is 0 Å². The van der Waals surface area contributed by atoms with E-state index in [0.29, 0.717) is 34.6 Å². The van der Waals surface area contributed by atoms with Crippen LogP contribution in [0.5, 0.6) is 5.75 Å². The predicted octanol–water partition coefficient (Wildman–Crippen LogP) is 11.5. The minimum Gasteiger partial charge on any atom is -0.483 e. The summed E-state index contributed by atoms with van der Waals surface area (Å²) in [6.45, 7) is 1.66. The van der Waals surface area contributed by atoms with Gasteiger partial charge in [0.2, 0.25) is 0 Å². The highest BCUT2D eigenvalue weighted by Gasteiger charge is 2.57. The summed E-state index contributed by atoms with van der Waals surface area (Å²) in [6.07, 6.45) is 14.8. The lowest BCUT2D eigenvalue weighted by Gasteiger charge is -2.50. The van der Waals surface area contributed by atoms with E-state index in [1.165, 1.54) is 35.1 Å². The normalized spacial score (nSPS) is 28.5. The Morgan fingerprint density at radius 3 is 2.41 bits per heavy atom. The van der Waals surface area contributed by atoms with Crippen molar-refractivity contribution in [2.24, 2.45) is 17.8 Å². The summed E-state index contributed by atoms with van der Waals surface area (Å²) >= 11 is 0. The molecule has 3 aliphatic heterocycles. The third-order valence-electron chi connectivity index (χ3n) is 19.3. The van der Waals surface area contributed by atoms with Crippen LogP contribution in [0, 0.1) is 17.8 Å². The highest BCUT2D eigenvalue weighted by Crippen LogP contribution is 2.56. The molecule has 5 aromatic rings. The molecule has 0 spiro atoms. The van der Waals surface area contributed by atoms with Crippen molar-refractivity contribution in [1.82, 2.24) is 0 Å². The Labute approximate surface area is 457 Å². The van der Waals surface area contributed by atoms with E-state index in [2.05, 4.69) is 84.9 Å². The van der Waals surface area contributed by atoms with E-state index >= 15 is 9.59 Å². The molecule has 4 aromatic carbocycles. The quantitative estimate of drug-likeness (QED) is 0.0426. The molecule has 0 radical (unpaired) electrons. The fourth-order valence-electron chi connectivity index (χ4n) is 15.2. The molecule has 412 valence electrons. The molecule has 4 heterocycles. The van der Waals surface area contributed by atoms with E-state index in [9.17, 15) is 25.2 Å². The predicted molar refractivity (Wildman–Crippen MR) is 297 cm³/mol. The Balaban J connectivity index is 1.03. The van der Waals surface area contributed by atoms with Gasteiger partial charge in [-0.2, -0.15) is 0 Å². The summed E-state index contributed by atoms with van der Waals surface area (Å²) in [5, 5.41) is 41.7. The van der Waals surface area contributed by atoms with Crippen LogP contribution < -0.4 is 10.4 Å². The van der Waals surface area contributed by atoms with Crippen molar-refractivity contribution < 1.29 is 53.4 Å². The van der Waals surface area contributed by atoms with Crippen molar-refractivity contribution in [2.75, 3.05) is 26.6 Å². The second-order valence-corrected chi connectivity index (χ2v) is 23.5. The van der Waals surface area contributed by atoms with Gasteiger partial charge in [0.25, 0.3) is 0 Å². The monoisotopic (exact) mass is 1060 g/mol. The molecule has 9 atom stereocenters. The number of carbonyl (C=O) groups is 2. The van der Waals surface area contributed by atoms with Gasteiger partial charge in [-0.15, -0.1) is 0 Å². The lowest BCUT2D eigenvalue weighted by Crippen LogP contribution is -2.58. The number of aliphatic hydroxyl groups excluding tert-OH is 4. The Morgan fingerprint density at radius 1 is 0.821 bits per heavy atom. The molecule has 7 aliphatic rings. The van der Waals surface area contributed by atoms with Crippen LogP contribution in [0.1, 0.15) is 184 Å². The van der Waals surface area contributed by atoms with Crippen LogP contribution in [0.25, 0.3) is 17.0 Å². The fourth-order valence-corrected chi connectivity index (χ4v) is 15.2. The van der Waals surface area contributed by atoms with Crippen LogP contribution in [-0.2, 0) is 42.2 Å². The standard InChI is InChI=1S/C66H76O12/c1-40(36-68)51-26-20-41-18-21-42(22-19-41)52-27-24-45(44-12-10-16-50(34-44)66-31-9-8-15-49(66)25-23-43-11-6-7-17-55(43)66)33-47(52)35-57(71)75-61-59-56(78-65(2,62(61)77-63(51)72)48-13-4-3-5-14-48)29-28-53-54(37-69)58(64(73)76-60(53)59)46(30-32-67)38-74-39-70/h6-7,10-12,16-19,21-23,25,28-29,34,45-49,52,61-62,67-70H,3-5,8-9,13-15,20,24,26-27,30-33,35-39H2,1-2H3/b51-40-/t45-,46+,47+,49+,52-,61+,62-,65-,66-/m0/s1. The number of fused-ring (bicyclic) bond motifs is 14. The molecule has 4 aliphatic carbocycles. The number of allylic oxidation sites excluding steroid dienone is 1. The minimum absolute atomic E-state index is 0.0168. The summed E-state index contributed by atoms with van der Waals surface area (Å²) in [5.41, 5.74) is 6.73. The average molecular weight is 1060 g/mol. The second kappa shape index (κ2) is 23.1. The number of hydrogen-bond donors (Lipinski definition) is 4. The maximum Gasteiger partial charge on any atom is 0.340 e. The van der Waals surface area contributed by atoms with E-state index in [1.54, 1.807) is 19.1 Å². The first-order valence-electron chi connectivity index (χ1n) is 28.9. The van der Waals surface area contributed by atoms with Crippen LogP contribution in [0.4, 0.5) is 0 Å². The van der Waals surface area contributed by atoms with Gasteiger partial charge in [-0.1, -0.05) is 117 Å². The van der Waals surface area contributed by atoms with Crippen LogP contribution in [0.2, 0.25) is 0 Å². The smallest absolute Gasteiger partial charge is 0.340 e. The number of benzene rings is 4. The Bertz CT molecular complexity index is 3130. The molecule has 0 saturated heterocycles. The third kappa shape index (κ3) is 9.99. The molecule has 3 saturated carbocycles. The molecule has 1 aromatic heterocycles.